The lowest BCUT2D eigenvalue weighted by Gasteiger charge is -2.27. The highest BCUT2D eigenvalue weighted by Crippen LogP contribution is 2.33. The molecule has 4 atom stereocenters. The number of rotatable bonds is 4. The van der Waals surface area contributed by atoms with Gasteiger partial charge < -0.3 is 15.4 Å². The Balaban J connectivity index is 2.35. The van der Waals surface area contributed by atoms with Crippen molar-refractivity contribution in [3.05, 3.63) is 0 Å². The predicted octanol–water partition coefficient (Wildman–Crippen LogP) is 2.66. The molecule has 0 spiro atoms. The van der Waals surface area contributed by atoms with Crippen molar-refractivity contribution in [3.63, 3.8) is 0 Å². The molecule has 1 saturated carbocycles. The number of nitrogens with two attached hydrogens (primary N) is 1. The van der Waals surface area contributed by atoms with E-state index >= 15 is 0 Å². The molecule has 1 rings (SSSR count). The molecule has 1 fully saturated rings. The minimum Gasteiger partial charge on any atom is -0.444 e. The summed E-state index contributed by atoms with van der Waals surface area (Å²) in [5, 5.41) is 0. The van der Waals surface area contributed by atoms with E-state index in [4.69, 9.17) is 10.5 Å². The summed E-state index contributed by atoms with van der Waals surface area (Å²) >= 11 is 0. The first-order valence-corrected chi connectivity index (χ1v) is 7.06. The zero-order valence-electron chi connectivity index (χ0n) is 12.7. The molecule has 0 aromatic rings. The number of hydrogen-bond donors (Lipinski definition) is 1. The maximum atomic E-state index is 13.1. The molecule has 0 aromatic heterocycles. The lowest BCUT2D eigenvalue weighted by molar-refractivity contribution is 0.0285. The SMILES string of the molecule is CN(C[C@@H](N)CC1C[C@@H](F)[C@@H](F)C1)C(=O)OC(C)(C)C. The topological polar surface area (TPSA) is 55.6 Å². The van der Waals surface area contributed by atoms with Gasteiger partial charge in [0.15, 0.2) is 0 Å². The molecule has 6 heteroatoms. The van der Waals surface area contributed by atoms with Crippen LogP contribution in [0.1, 0.15) is 40.0 Å². The molecule has 0 aromatic carbocycles. The van der Waals surface area contributed by atoms with Crippen molar-refractivity contribution in [1.82, 2.24) is 4.90 Å². The minimum absolute atomic E-state index is 0.0398. The molecule has 0 bridgehead atoms. The van der Waals surface area contributed by atoms with Gasteiger partial charge in [0.25, 0.3) is 0 Å². The molecule has 118 valence electrons. The van der Waals surface area contributed by atoms with Crippen molar-refractivity contribution in [2.75, 3.05) is 13.6 Å². The van der Waals surface area contributed by atoms with Gasteiger partial charge in [-0.3, -0.25) is 0 Å². The average molecular weight is 292 g/mol. The molecule has 4 nitrogen and oxygen atoms in total. The molecule has 0 aliphatic heterocycles. The fraction of sp³-hybridized carbons (Fsp3) is 0.929. The van der Waals surface area contributed by atoms with Crippen LogP contribution in [0, 0.1) is 5.92 Å². The number of ether oxygens (including phenoxy) is 1. The molecule has 0 saturated heterocycles. The summed E-state index contributed by atoms with van der Waals surface area (Å²) in [6.45, 7) is 5.69. The highest BCUT2D eigenvalue weighted by atomic mass is 19.2. The van der Waals surface area contributed by atoms with E-state index in [2.05, 4.69) is 0 Å². The molecule has 2 N–H and O–H groups in total. The Kier molecular flexibility index (Phi) is 5.74. The molecule has 1 amide bonds. The van der Waals surface area contributed by atoms with E-state index in [0.29, 0.717) is 13.0 Å². The molecule has 20 heavy (non-hydrogen) atoms. The van der Waals surface area contributed by atoms with Crippen molar-refractivity contribution in [2.45, 2.75) is 64.0 Å². The number of nitrogens with zero attached hydrogens (tertiary/aromatic N) is 1. The maximum absolute atomic E-state index is 13.1. The monoisotopic (exact) mass is 292 g/mol. The Morgan fingerprint density at radius 1 is 1.35 bits per heavy atom. The smallest absolute Gasteiger partial charge is 0.410 e. The number of carbonyl (C=O) groups is 1. The summed E-state index contributed by atoms with van der Waals surface area (Å²) in [5.41, 5.74) is 5.40. The first kappa shape index (κ1) is 17.1. The van der Waals surface area contributed by atoms with Crippen LogP contribution >= 0.6 is 0 Å². The zero-order chi connectivity index (χ0) is 15.5. The van der Waals surface area contributed by atoms with E-state index in [1.807, 2.05) is 0 Å². The van der Waals surface area contributed by atoms with Gasteiger partial charge in [0.05, 0.1) is 0 Å². The van der Waals surface area contributed by atoms with Crippen LogP contribution in [-0.2, 0) is 4.74 Å². The van der Waals surface area contributed by atoms with E-state index in [1.165, 1.54) is 4.90 Å². The van der Waals surface area contributed by atoms with Crippen molar-refractivity contribution in [3.8, 4) is 0 Å². The number of hydrogen-bond acceptors (Lipinski definition) is 3. The lowest BCUT2D eigenvalue weighted by atomic mass is 9.98. The van der Waals surface area contributed by atoms with Crippen LogP contribution in [0.3, 0.4) is 0 Å². The number of halogens is 2. The Morgan fingerprint density at radius 3 is 2.30 bits per heavy atom. The van der Waals surface area contributed by atoms with Crippen molar-refractivity contribution in [2.24, 2.45) is 11.7 Å². The minimum atomic E-state index is -1.37. The standard InChI is InChI=1S/C14H26F2N2O2/c1-14(2,3)20-13(19)18(4)8-10(17)5-9-6-11(15)12(16)7-9/h9-12H,5-8,17H2,1-4H3/t9?,10-,11-,12+/m0/s1. The molecule has 0 radical (unpaired) electrons. The van der Waals surface area contributed by atoms with Crippen molar-refractivity contribution >= 4 is 6.09 Å². The third-order valence-corrected chi connectivity index (χ3v) is 3.36. The average Bonchev–Trinajstić information content (AvgIpc) is 2.54. The van der Waals surface area contributed by atoms with Gasteiger partial charge in [0, 0.05) is 19.6 Å². The number of alkyl halides is 2. The van der Waals surface area contributed by atoms with Gasteiger partial charge in [-0.1, -0.05) is 0 Å². The van der Waals surface area contributed by atoms with Crippen molar-refractivity contribution < 1.29 is 18.3 Å². The largest absolute Gasteiger partial charge is 0.444 e. The van der Waals surface area contributed by atoms with Crippen LogP contribution in [-0.4, -0.2) is 48.6 Å². The second-order valence-electron chi connectivity index (χ2n) is 6.73. The Labute approximate surface area is 119 Å². The van der Waals surface area contributed by atoms with Gasteiger partial charge in [-0.15, -0.1) is 0 Å². The highest BCUT2D eigenvalue weighted by molar-refractivity contribution is 5.67. The Morgan fingerprint density at radius 2 is 1.85 bits per heavy atom. The quantitative estimate of drug-likeness (QED) is 0.866. The maximum Gasteiger partial charge on any atom is 0.410 e. The molecule has 1 unspecified atom stereocenters. The van der Waals surface area contributed by atoms with E-state index in [9.17, 15) is 13.6 Å². The van der Waals surface area contributed by atoms with Crippen LogP contribution in [0.5, 0.6) is 0 Å². The van der Waals surface area contributed by atoms with Gasteiger partial charge >= 0.3 is 6.09 Å². The third-order valence-electron chi connectivity index (χ3n) is 3.36. The van der Waals surface area contributed by atoms with Crippen LogP contribution in [0.15, 0.2) is 0 Å². The highest BCUT2D eigenvalue weighted by Gasteiger charge is 2.35. The van der Waals surface area contributed by atoms with E-state index < -0.39 is 24.0 Å². The van der Waals surface area contributed by atoms with E-state index in [1.54, 1.807) is 27.8 Å². The summed E-state index contributed by atoms with van der Waals surface area (Å²) in [7, 11) is 1.61. The first-order valence-electron chi connectivity index (χ1n) is 7.06. The van der Waals surface area contributed by atoms with Crippen LogP contribution in [0.4, 0.5) is 13.6 Å². The summed E-state index contributed by atoms with van der Waals surface area (Å²) in [6.07, 6.45) is -2.19. The lowest BCUT2D eigenvalue weighted by Crippen LogP contribution is -2.42. The molecular weight excluding hydrogens is 266 g/mol. The van der Waals surface area contributed by atoms with Crippen LogP contribution in [0.2, 0.25) is 0 Å². The summed E-state index contributed by atoms with van der Waals surface area (Å²) in [6, 6.07) is -0.296. The van der Waals surface area contributed by atoms with E-state index in [0.717, 1.165) is 0 Å². The Bertz CT molecular complexity index is 324. The fourth-order valence-electron chi connectivity index (χ4n) is 2.49. The molecule has 1 aliphatic carbocycles. The zero-order valence-corrected chi connectivity index (χ0v) is 12.7. The second kappa shape index (κ2) is 6.70. The Hall–Kier alpha value is -0.910. The van der Waals surface area contributed by atoms with Gasteiger partial charge in [-0.05, 0) is 46.0 Å². The first-order chi connectivity index (χ1) is 9.08. The second-order valence-corrected chi connectivity index (χ2v) is 6.73. The number of carbonyl (C=O) groups excluding carboxylic acids is 1. The van der Waals surface area contributed by atoms with Gasteiger partial charge in [-0.2, -0.15) is 0 Å². The summed E-state index contributed by atoms with van der Waals surface area (Å²) in [4.78, 5) is 13.2. The molecule has 0 heterocycles. The van der Waals surface area contributed by atoms with Gasteiger partial charge in [-0.25, -0.2) is 13.6 Å². The summed E-state index contributed by atoms with van der Waals surface area (Å²) in [5.74, 6) is -0.0398. The van der Waals surface area contributed by atoms with Gasteiger partial charge in [0.2, 0.25) is 0 Å². The third kappa shape index (κ3) is 5.61. The van der Waals surface area contributed by atoms with Crippen LogP contribution < -0.4 is 5.73 Å². The van der Waals surface area contributed by atoms with Gasteiger partial charge in [0.1, 0.15) is 17.9 Å². The van der Waals surface area contributed by atoms with E-state index in [-0.39, 0.29) is 24.8 Å². The normalized spacial score (nSPS) is 28.2. The number of amides is 1. The summed E-state index contributed by atoms with van der Waals surface area (Å²) < 4.78 is 31.4. The molecule has 1 aliphatic rings. The van der Waals surface area contributed by atoms with Crippen LogP contribution in [0.25, 0.3) is 0 Å². The fourth-order valence-corrected chi connectivity index (χ4v) is 2.49. The predicted molar refractivity (Wildman–Crippen MR) is 74.0 cm³/mol. The van der Waals surface area contributed by atoms with Crippen molar-refractivity contribution in [1.29, 1.82) is 0 Å². The molecular formula is C14H26F2N2O2. The number of likely N-dealkylation sites (N-methyl/N-ethyl adjacent to an activating group) is 1.